The fraction of sp³-hybridized carbons (Fsp3) is 0.778. The fourth-order valence-electron chi connectivity index (χ4n) is 2.12. The van der Waals surface area contributed by atoms with Crippen LogP contribution in [0.1, 0.15) is 27.2 Å². The highest BCUT2D eigenvalue weighted by molar-refractivity contribution is 5.88. The number of nitrogens with zero attached hydrogens (tertiary/aromatic N) is 1. The third kappa shape index (κ3) is 1.41. The van der Waals surface area contributed by atoms with Crippen LogP contribution in [0.25, 0.3) is 0 Å². The quantitative estimate of drug-likeness (QED) is 0.390. The summed E-state index contributed by atoms with van der Waals surface area (Å²) in [6, 6.07) is 0. The Hall–Kier alpha value is -1.06. The minimum atomic E-state index is -0.757. The van der Waals surface area contributed by atoms with Gasteiger partial charge in [-0.2, -0.15) is 0 Å². The number of hydrogen-bond acceptors (Lipinski definition) is 3. The molecule has 0 amide bonds. The lowest BCUT2D eigenvalue weighted by Gasteiger charge is -2.49. The molecule has 0 radical (unpaired) electrons. The van der Waals surface area contributed by atoms with Gasteiger partial charge in [-0.05, 0) is 18.8 Å². The van der Waals surface area contributed by atoms with Gasteiger partial charge in [-0.25, -0.2) is 0 Å². The van der Waals surface area contributed by atoms with E-state index in [2.05, 4.69) is 5.16 Å². The Kier molecular flexibility index (Phi) is 2.32. The van der Waals surface area contributed by atoms with Crippen molar-refractivity contribution in [1.82, 2.24) is 0 Å². The maximum Gasteiger partial charge on any atom is 0.307 e. The first-order chi connectivity index (χ1) is 5.91. The Morgan fingerprint density at radius 1 is 1.46 bits per heavy atom. The molecule has 1 fully saturated rings. The molecule has 0 aromatic heterocycles. The molecule has 0 bridgehead atoms. The van der Waals surface area contributed by atoms with Crippen LogP contribution in [0.2, 0.25) is 0 Å². The van der Waals surface area contributed by atoms with Gasteiger partial charge in [-0.3, -0.25) is 4.79 Å². The summed E-state index contributed by atoms with van der Waals surface area (Å²) in [4.78, 5) is 10.8. The molecule has 1 rings (SSSR count). The largest absolute Gasteiger partial charge is 0.481 e. The summed E-state index contributed by atoms with van der Waals surface area (Å²) in [5, 5.41) is 20.5. The molecule has 0 unspecified atom stereocenters. The smallest absolute Gasteiger partial charge is 0.307 e. The summed E-state index contributed by atoms with van der Waals surface area (Å²) in [6.07, 6.45) is 0.582. The lowest BCUT2D eigenvalue weighted by Crippen LogP contribution is -2.51. The second-order valence-corrected chi connectivity index (χ2v) is 4.24. The van der Waals surface area contributed by atoms with Gasteiger partial charge in [-0.1, -0.05) is 19.0 Å². The molecule has 0 aromatic rings. The molecule has 4 heteroatoms. The van der Waals surface area contributed by atoms with Crippen LogP contribution in [0.15, 0.2) is 5.16 Å². The average Bonchev–Trinajstić information content (AvgIpc) is 2.01. The lowest BCUT2D eigenvalue weighted by molar-refractivity contribution is -0.155. The van der Waals surface area contributed by atoms with Gasteiger partial charge in [0.1, 0.15) is 0 Å². The molecule has 0 saturated heterocycles. The van der Waals surface area contributed by atoms with Crippen LogP contribution in [0, 0.1) is 17.3 Å². The minimum absolute atomic E-state index is 0.0959. The Morgan fingerprint density at radius 3 is 2.31 bits per heavy atom. The van der Waals surface area contributed by atoms with Crippen LogP contribution in [-0.4, -0.2) is 22.0 Å². The van der Waals surface area contributed by atoms with Crippen LogP contribution in [0.5, 0.6) is 0 Å². The summed E-state index contributed by atoms with van der Waals surface area (Å²) in [7, 11) is 0. The maximum atomic E-state index is 10.8. The predicted molar refractivity (Wildman–Crippen MR) is 47.9 cm³/mol. The Labute approximate surface area is 77.3 Å². The van der Waals surface area contributed by atoms with Crippen molar-refractivity contribution in [3.05, 3.63) is 0 Å². The number of aliphatic carboxylic acids is 1. The first-order valence-electron chi connectivity index (χ1n) is 4.32. The van der Waals surface area contributed by atoms with Crippen LogP contribution in [-0.2, 0) is 4.79 Å². The van der Waals surface area contributed by atoms with E-state index in [0.29, 0.717) is 12.1 Å². The number of carboxylic acids is 1. The number of carbonyl (C=O) groups is 1. The van der Waals surface area contributed by atoms with Gasteiger partial charge in [0.15, 0.2) is 0 Å². The highest BCUT2D eigenvalue weighted by Crippen LogP contribution is 2.51. The maximum absolute atomic E-state index is 10.8. The average molecular weight is 185 g/mol. The zero-order valence-electron chi connectivity index (χ0n) is 8.11. The van der Waals surface area contributed by atoms with Crippen molar-refractivity contribution in [3.63, 3.8) is 0 Å². The monoisotopic (exact) mass is 185 g/mol. The number of rotatable bonds is 2. The second-order valence-electron chi connectivity index (χ2n) is 4.24. The number of oxime groups is 1. The predicted octanol–water partition coefficient (Wildman–Crippen LogP) is 1.58. The van der Waals surface area contributed by atoms with Crippen LogP contribution in [0.4, 0.5) is 0 Å². The van der Waals surface area contributed by atoms with Gasteiger partial charge in [-0.15, -0.1) is 0 Å². The molecule has 1 aliphatic carbocycles. The van der Waals surface area contributed by atoms with Crippen LogP contribution < -0.4 is 0 Å². The van der Waals surface area contributed by atoms with Crippen molar-refractivity contribution in [2.75, 3.05) is 0 Å². The van der Waals surface area contributed by atoms with Gasteiger partial charge < -0.3 is 10.3 Å². The van der Waals surface area contributed by atoms with E-state index in [4.69, 9.17) is 10.3 Å². The molecule has 2 N–H and O–H groups in total. The molecule has 4 nitrogen and oxygen atoms in total. The molecular weight excluding hydrogens is 170 g/mol. The van der Waals surface area contributed by atoms with Crippen molar-refractivity contribution in [2.45, 2.75) is 27.2 Å². The summed E-state index contributed by atoms with van der Waals surface area (Å²) in [5.74, 6) is -0.972. The van der Waals surface area contributed by atoms with E-state index in [1.54, 1.807) is 6.92 Å². The molecule has 0 aromatic carbocycles. The third-order valence-electron chi connectivity index (χ3n) is 3.23. The van der Waals surface area contributed by atoms with Gasteiger partial charge in [0.05, 0.1) is 11.6 Å². The molecule has 13 heavy (non-hydrogen) atoms. The topological polar surface area (TPSA) is 69.9 Å². The normalized spacial score (nSPS) is 32.4. The standard InChI is InChI=1S/C9H15NO3/c1-5(10-13)6-4-7(8(11)12)9(6,2)3/h6-7,13H,4H2,1-3H3,(H,11,12)/t6-,7+/m1/s1. The van der Waals surface area contributed by atoms with E-state index >= 15 is 0 Å². The summed E-state index contributed by atoms with van der Waals surface area (Å²) in [6.45, 7) is 5.52. The van der Waals surface area contributed by atoms with Crippen molar-refractivity contribution >= 4 is 11.7 Å². The van der Waals surface area contributed by atoms with Crippen LogP contribution in [0.3, 0.4) is 0 Å². The molecule has 74 valence electrons. The lowest BCUT2D eigenvalue weighted by atomic mass is 9.53. The second kappa shape index (κ2) is 3.01. The van der Waals surface area contributed by atoms with E-state index in [1.165, 1.54) is 0 Å². The Balaban J connectivity index is 2.75. The molecule has 1 aliphatic rings. The minimum Gasteiger partial charge on any atom is -0.481 e. The van der Waals surface area contributed by atoms with Crippen molar-refractivity contribution in [3.8, 4) is 0 Å². The van der Waals surface area contributed by atoms with E-state index < -0.39 is 5.97 Å². The van der Waals surface area contributed by atoms with Crippen molar-refractivity contribution < 1.29 is 15.1 Å². The van der Waals surface area contributed by atoms with E-state index in [1.807, 2.05) is 13.8 Å². The first-order valence-corrected chi connectivity index (χ1v) is 4.32. The summed E-state index contributed by atoms with van der Waals surface area (Å²) >= 11 is 0. The number of hydrogen-bond donors (Lipinski definition) is 2. The molecule has 0 spiro atoms. The van der Waals surface area contributed by atoms with Crippen molar-refractivity contribution in [1.29, 1.82) is 0 Å². The van der Waals surface area contributed by atoms with Gasteiger partial charge >= 0.3 is 5.97 Å². The summed E-state index contributed by atoms with van der Waals surface area (Å²) in [5.41, 5.74) is 0.338. The fourth-order valence-corrected chi connectivity index (χ4v) is 2.12. The first kappa shape index (κ1) is 10.0. The Morgan fingerprint density at radius 2 is 2.00 bits per heavy atom. The van der Waals surface area contributed by atoms with E-state index in [0.717, 1.165) is 0 Å². The van der Waals surface area contributed by atoms with Gasteiger partial charge in [0.2, 0.25) is 0 Å². The highest BCUT2D eigenvalue weighted by atomic mass is 16.4. The van der Waals surface area contributed by atoms with E-state index in [-0.39, 0.29) is 17.3 Å². The molecule has 1 saturated carbocycles. The van der Waals surface area contributed by atoms with Gasteiger partial charge in [0.25, 0.3) is 0 Å². The highest BCUT2D eigenvalue weighted by Gasteiger charge is 2.53. The Bertz CT molecular complexity index is 258. The SMILES string of the molecule is CC(=NO)[C@H]1C[C@@H](C(=O)O)C1(C)C. The van der Waals surface area contributed by atoms with Crippen molar-refractivity contribution in [2.24, 2.45) is 22.4 Å². The van der Waals surface area contributed by atoms with Crippen LogP contribution >= 0.6 is 0 Å². The molecular formula is C9H15NO3. The van der Waals surface area contributed by atoms with Gasteiger partial charge in [0, 0.05) is 5.92 Å². The third-order valence-corrected chi connectivity index (χ3v) is 3.23. The van der Waals surface area contributed by atoms with E-state index in [9.17, 15) is 4.79 Å². The molecule has 2 atom stereocenters. The zero-order valence-corrected chi connectivity index (χ0v) is 8.11. The number of carboxylic acid groups (broad SMARTS) is 1. The molecule has 0 aliphatic heterocycles. The zero-order chi connectivity index (χ0) is 10.2. The summed E-state index contributed by atoms with van der Waals surface area (Å²) < 4.78 is 0. The molecule has 0 heterocycles.